The highest BCUT2D eigenvalue weighted by molar-refractivity contribution is 5.36. The molecule has 96 valence electrons. The number of nitrogens with zero attached hydrogens (tertiary/aromatic N) is 1. The van der Waals surface area contributed by atoms with E-state index < -0.39 is 11.9 Å². The normalized spacial score (nSPS) is 16.1. The third kappa shape index (κ3) is 3.69. The van der Waals surface area contributed by atoms with Crippen LogP contribution in [-0.2, 0) is 0 Å². The molecule has 1 aromatic carbocycles. The van der Waals surface area contributed by atoms with Crippen molar-refractivity contribution in [3.05, 3.63) is 29.6 Å². The van der Waals surface area contributed by atoms with Crippen molar-refractivity contribution in [1.29, 1.82) is 5.26 Å². The van der Waals surface area contributed by atoms with E-state index in [1.807, 2.05) is 0 Å². The molecule has 2 N–H and O–H groups in total. The van der Waals surface area contributed by atoms with E-state index in [2.05, 4.69) is 5.32 Å². The molecule has 1 aromatic rings. The van der Waals surface area contributed by atoms with Crippen LogP contribution in [0, 0.1) is 17.1 Å². The van der Waals surface area contributed by atoms with E-state index >= 15 is 0 Å². The molecule has 18 heavy (non-hydrogen) atoms. The molecule has 1 saturated carbocycles. The summed E-state index contributed by atoms with van der Waals surface area (Å²) in [4.78, 5) is 0. The summed E-state index contributed by atoms with van der Waals surface area (Å²) >= 11 is 0. The molecular formula is C13H15FN2O2. The first-order valence-corrected chi connectivity index (χ1v) is 5.93. The minimum absolute atomic E-state index is 0.0155. The van der Waals surface area contributed by atoms with Crippen LogP contribution in [0.2, 0.25) is 0 Å². The Morgan fingerprint density at radius 3 is 2.94 bits per heavy atom. The minimum atomic E-state index is -0.621. The topological polar surface area (TPSA) is 65.3 Å². The van der Waals surface area contributed by atoms with Crippen LogP contribution in [0.4, 0.5) is 4.39 Å². The Labute approximate surface area is 105 Å². The van der Waals surface area contributed by atoms with Crippen LogP contribution < -0.4 is 10.1 Å². The minimum Gasteiger partial charge on any atom is -0.491 e. The van der Waals surface area contributed by atoms with Crippen molar-refractivity contribution in [2.24, 2.45) is 0 Å². The molecule has 0 spiro atoms. The summed E-state index contributed by atoms with van der Waals surface area (Å²) in [5, 5.41) is 21.4. The Morgan fingerprint density at radius 2 is 2.33 bits per heavy atom. The Morgan fingerprint density at radius 1 is 1.56 bits per heavy atom. The first-order chi connectivity index (χ1) is 8.69. The molecule has 1 aliphatic carbocycles. The van der Waals surface area contributed by atoms with E-state index in [0.29, 0.717) is 18.3 Å². The van der Waals surface area contributed by atoms with Crippen LogP contribution >= 0.6 is 0 Å². The number of ether oxygens (including phenoxy) is 1. The predicted molar refractivity (Wildman–Crippen MR) is 63.6 cm³/mol. The third-order valence-electron chi connectivity index (χ3n) is 2.72. The molecule has 1 fully saturated rings. The van der Waals surface area contributed by atoms with Gasteiger partial charge in [0.05, 0.1) is 5.56 Å². The molecule has 0 aliphatic heterocycles. The van der Waals surface area contributed by atoms with Crippen molar-refractivity contribution in [2.45, 2.75) is 25.0 Å². The van der Waals surface area contributed by atoms with Crippen molar-refractivity contribution in [1.82, 2.24) is 5.32 Å². The van der Waals surface area contributed by atoms with E-state index in [0.717, 1.165) is 18.9 Å². The maximum Gasteiger partial charge on any atom is 0.144 e. The lowest BCUT2D eigenvalue weighted by molar-refractivity contribution is 0.106. The van der Waals surface area contributed by atoms with Crippen LogP contribution in [-0.4, -0.2) is 30.4 Å². The number of halogens is 1. The van der Waals surface area contributed by atoms with Gasteiger partial charge >= 0.3 is 0 Å². The van der Waals surface area contributed by atoms with Gasteiger partial charge in [-0.2, -0.15) is 5.26 Å². The average Bonchev–Trinajstić information content (AvgIpc) is 3.18. The molecule has 0 aromatic heterocycles. The number of nitrogens with one attached hydrogen (secondary N) is 1. The maximum absolute atomic E-state index is 13.3. The molecule has 2 rings (SSSR count). The van der Waals surface area contributed by atoms with Gasteiger partial charge in [0.15, 0.2) is 0 Å². The summed E-state index contributed by atoms with van der Waals surface area (Å²) in [7, 11) is 0. The zero-order valence-electron chi connectivity index (χ0n) is 9.90. The molecule has 1 aliphatic rings. The second kappa shape index (κ2) is 5.80. The Balaban J connectivity index is 1.78. The monoisotopic (exact) mass is 250 g/mol. The van der Waals surface area contributed by atoms with Gasteiger partial charge in [-0.05, 0) is 25.0 Å². The number of aliphatic hydroxyl groups excluding tert-OH is 1. The smallest absolute Gasteiger partial charge is 0.144 e. The van der Waals surface area contributed by atoms with E-state index in [-0.39, 0.29) is 12.2 Å². The number of aliphatic hydroxyl groups is 1. The van der Waals surface area contributed by atoms with Crippen LogP contribution in [0.1, 0.15) is 18.4 Å². The summed E-state index contributed by atoms with van der Waals surface area (Å²) in [5.74, 6) is -0.294. The van der Waals surface area contributed by atoms with Crippen LogP contribution in [0.25, 0.3) is 0 Å². The molecule has 0 bridgehead atoms. The van der Waals surface area contributed by atoms with E-state index in [9.17, 15) is 9.50 Å². The second-order valence-corrected chi connectivity index (χ2v) is 4.40. The van der Waals surface area contributed by atoms with Gasteiger partial charge in [-0.25, -0.2) is 4.39 Å². The summed E-state index contributed by atoms with van der Waals surface area (Å²) in [6, 6.07) is 6.30. The molecule has 4 nitrogen and oxygen atoms in total. The number of nitriles is 1. The van der Waals surface area contributed by atoms with Crippen LogP contribution in [0.15, 0.2) is 18.2 Å². The highest BCUT2D eigenvalue weighted by Crippen LogP contribution is 2.18. The molecule has 0 saturated heterocycles. The van der Waals surface area contributed by atoms with Crippen molar-refractivity contribution in [2.75, 3.05) is 13.2 Å². The Hall–Kier alpha value is -1.64. The lowest BCUT2D eigenvalue weighted by Crippen LogP contribution is -2.32. The Bertz CT molecular complexity index is 455. The lowest BCUT2D eigenvalue weighted by Gasteiger charge is -2.13. The van der Waals surface area contributed by atoms with Gasteiger partial charge in [0, 0.05) is 18.7 Å². The van der Waals surface area contributed by atoms with Gasteiger partial charge in [0.2, 0.25) is 0 Å². The molecule has 1 atom stereocenters. The molecule has 5 heteroatoms. The van der Waals surface area contributed by atoms with Gasteiger partial charge < -0.3 is 15.2 Å². The largest absolute Gasteiger partial charge is 0.491 e. The summed E-state index contributed by atoms with van der Waals surface area (Å²) < 4.78 is 18.5. The standard InChI is InChI=1S/C13H15FN2O2/c14-13-5-12(4-1-9(13)6-15)18-8-11(17)7-16-10-2-3-10/h1,4-5,10-11,16-17H,2-3,7-8H2. The van der Waals surface area contributed by atoms with Crippen molar-refractivity contribution in [3.63, 3.8) is 0 Å². The molecular weight excluding hydrogens is 235 g/mol. The first-order valence-electron chi connectivity index (χ1n) is 5.93. The quantitative estimate of drug-likeness (QED) is 0.796. The first kappa shape index (κ1) is 12.8. The number of rotatable bonds is 6. The average molecular weight is 250 g/mol. The molecule has 0 amide bonds. The van der Waals surface area contributed by atoms with Crippen LogP contribution in [0.3, 0.4) is 0 Å². The lowest BCUT2D eigenvalue weighted by atomic mass is 10.2. The third-order valence-corrected chi connectivity index (χ3v) is 2.72. The van der Waals surface area contributed by atoms with Gasteiger partial charge in [0.1, 0.15) is 30.3 Å². The van der Waals surface area contributed by atoms with Gasteiger partial charge in [-0.3, -0.25) is 0 Å². The zero-order chi connectivity index (χ0) is 13.0. The SMILES string of the molecule is N#Cc1ccc(OCC(O)CNC2CC2)cc1F. The summed E-state index contributed by atoms with van der Waals surface area (Å²) in [6.07, 6.45) is 1.70. The Kier molecular flexibility index (Phi) is 4.13. The predicted octanol–water partition coefficient (Wildman–Crippen LogP) is 1.19. The fraction of sp³-hybridized carbons (Fsp3) is 0.462. The van der Waals surface area contributed by atoms with Crippen molar-refractivity contribution < 1.29 is 14.2 Å². The number of hydrogen-bond donors (Lipinski definition) is 2. The van der Waals surface area contributed by atoms with Crippen molar-refractivity contribution in [3.8, 4) is 11.8 Å². The van der Waals surface area contributed by atoms with Crippen molar-refractivity contribution >= 4 is 0 Å². The van der Waals surface area contributed by atoms with Gasteiger partial charge in [0.25, 0.3) is 0 Å². The highest BCUT2D eigenvalue weighted by atomic mass is 19.1. The number of benzene rings is 1. The van der Waals surface area contributed by atoms with E-state index in [1.165, 1.54) is 12.1 Å². The van der Waals surface area contributed by atoms with Gasteiger partial charge in [-0.15, -0.1) is 0 Å². The highest BCUT2D eigenvalue weighted by Gasteiger charge is 2.21. The number of hydrogen-bond acceptors (Lipinski definition) is 4. The van der Waals surface area contributed by atoms with E-state index in [4.69, 9.17) is 10.00 Å². The maximum atomic E-state index is 13.3. The molecule has 0 radical (unpaired) electrons. The fourth-order valence-corrected chi connectivity index (χ4v) is 1.52. The molecule has 1 unspecified atom stereocenters. The summed E-state index contributed by atoms with van der Waals surface area (Å²) in [6.45, 7) is 0.578. The fourth-order valence-electron chi connectivity index (χ4n) is 1.52. The summed E-state index contributed by atoms with van der Waals surface area (Å²) in [5.41, 5.74) is -0.0155. The van der Waals surface area contributed by atoms with Gasteiger partial charge in [-0.1, -0.05) is 0 Å². The zero-order valence-corrected chi connectivity index (χ0v) is 9.90. The van der Waals surface area contributed by atoms with E-state index in [1.54, 1.807) is 6.07 Å². The second-order valence-electron chi connectivity index (χ2n) is 4.40. The molecule has 0 heterocycles. The van der Waals surface area contributed by atoms with Crippen LogP contribution in [0.5, 0.6) is 5.75 Å².